The first kappa shape index (κ1) is 17.3. The van der Waals surface area contributed by atoms with E-state index in [-0.39, 0.29) is 24.6 Å². The Morgan fingerprint density at radius 2 is 2.07 bits per heavy atom. The highest BCUT2D eigenvalue weighted by atomic mass is 16.3. The van der Waals surface area contributed by atoms with E-state index in [1.54, 1.807) is 0 Å². The van der Waals surface area contributed by atoms with Crippen molar-refractivity contribution in [3.63, 3.8) is 0 Å². The molecule has 0 unspecified atom stereocenters. The van der Waals surface area contributed by atoms with Gasteiger partial charge in [0.25, 0.3) is 0 Å². The number of aliphatic hydroxyl groups excluding tert-OH is 1. The Morgan fingerprint density at radius 3 is 2.78 bits per heavy atom. The second-order valence-corrected chi connectivity index (χ2v) is 8.77. The van der Waals surface area contributed by atoms with Crippen LogP contribution in [0.15, 0.2) is 24.3 Å². The van der Waals surface area contributed by atoms with Gasteiger partial charge in [-0.2, -0.15) is 0 Å². The van der Waals surface area contributed by atoms with Gasteiger partial charge < -0.3 is 15.3 Å². The number of nitrogens with zero attached hydrogens (tertiary/aromatic N) is 1. The summed E-state index contributed by atoms with van der Waals surface area (Å²) in [6, 6.07) is 6.88. The lowest BCUT2D eigenvalue weighted by atomic mass is 9.80. The van der Waals surface area contributed by atoms with Gasteiger partial charge >= 0.3 is 0 Å². The lowest BCUT2D eigenvalue weighted by molar-refractivity contribution is -0.139. The van der Waals surface area contributed by atoms with Gasteiger partial charge in [-0.05, 0) is 73.8 Å². The summed E-state index contributed by atoms with van der Waals surface area (Å²) in [5, 5.41) is 13.5. The third-order valence-corrected chi connectivity index (χ3v) is 7.27. The number of benzene rings is 1. The third kappa shape index (κ3) is 2.89. The van der Waals surface area contributed by atoms with Crippen LogP contribution in [0.3, 0.4) is 0 Å². The number of fused-ring (bicyclic) bond motifs is 3. The number of hydrogen-bond acceptors (Lipinski definition) is 3. The zero-order chi connectivity index (χ0) is 18.4. The Hall–Kier alpha value is -1.81. The van der Waals surface area contributed by atoms with E-state index >= 15 is 0 Å². The SMILES string of the molecule is O=C(C1CCC1)N1CC[C@H]2[C@H](CO)Nc3ccc(C4=CCCCC4)cc3[C@H]21. The minimum Gasteiger partial charge on any atom is -0.394 e. The van der Waals surface area contributed by atoms with Crippen LogP contribution in [0.4, 0.5) is 5.69 Å². The van der Waals surface area contributed by atoms with Crippen molar-refractivity contribution in [1.29, 1.82) is 0 Å². The van der Waals surface area contributed by atoms with E-state index in [4.69, 9.17) is 0 Å². The molecule has 1 amide bonds. The molecule has 2 N–H and O–H groups in total. The first-order valence-electron chi connectivity index (χ1n) is 10.8. The van der Waals surface area contributed by atoms with Crippen LogP contribution in [0.2, 0.25) is 0 Å². The quantitative estimate of drug-likeness (QED) is 0.846. The molecule has 1 saturated carbocycles. The van der Waals surface area contributed by atoms with Gasteiger partial charge in [-0.25, -0.2) is 0 Å². The van der Waals surface area contributed by atoms with Crippen LogP contribution >= 0.6 is 0 Å². The van der Waals surface area contributed by atoms with Gasteiger partial charge in [0, 0.05) is 24.1 Å². The molecule has 5 rings (SSSR count). The fraction of sp³-hybridized carbons (Fsp3) is 0.609. The van der Waals surface area contributed by atoms with Crippen molar-refractivity contribution in [3.8, 4) is 0 Å². The summed E-state index contributed by atoms with van der Waals surface area (Å²) in [4.78, 5) is 15.3. The molecule has 0 spiro atoms. The van der Waals surface area contributed by atoms with Crippen molar-refractivity contribution in [1.82, 2.24) is 4.90 Å². The number of carbonyl (C=O) groups is 1. The van der Waals surface area contributed by atoms with Crippen LogP contribution in [0.5, 0.6) is 0 Å². The Labute approximate surface area is 161 Å². The topological polar surface area (TPSA) is 52.6 Å². The van der Waals surface area contributed by atoms with Gasteiger partial charge in [0.15, 0.2) is 0 Å². The number of allylic oxidation sites excluding steroid dienone is 2. The summed E-state index contributed by atoms with van der Waals surface area (Å²) in [5.74, 6) is 0.890. The van der Waals surface area contributed by atoms with Gasteiger partial charge in [0.1, 0.15) is 0 Å². The molecule has 1 saturated heterocycles. The molecule has 2 aliphatic carbocycles. The summed E-state index contributed by atoms with van der Waals surface area (Å²) < 4.78 is 0. The minimum absolute atomic E-state index is 0.0430. The molecule has 2 aliphatic heterocycles. The number of nitrogens with one attached hydrogen (secondary N) is 1. The number of rotatable bonds is 3. The highest BCUT2D eigenvalue weighted by molar-refractivity contribution is 5.81. The molecular weight excluding hydrogens is 336 g/mol. The molecule has 144 valence electrons. The smallest absolute Gasteiger partial charge is 0.226 e. The van der Waals surface area contributed by atoms with Crippen LogP contribution in [-0.4, -0.2) is 35.1 Å². The zero-order valence-electron chi connectivity index (χ0n) is 16.0. The van der Waals surface area contributed by atoms with Crippen LogP contribution in [-0.2, 0) is 4.79 Å². The molecule has 4 aliphatic rings. The first-order valence-corrected chi connectivity index (χ1v) is 10.8. The van der Waals surface area contributed by atoms with E-state index in [1.165, 1.54) is 42.4 Å². The maximum Gasteiger partial charge on any atom is 0.226 e. The molecule has 1 aromatic rings. The highest BCUT2D eigenvalue weighted by Crippen LogP contribution is 2.48. The molecule has 27 heavy (non-hydrogen) atoms. The maximum atomic E-state index is 13.1. The Kier molecular flexibility index (Phi) is 4.47. The number of anilines is 1. The fourth-order valence-electron chi connectivity index (χ4n) is 5.50. The molecular formula is C23H30N2O2. The van der Waals surface area contributed by atoms with Crippen molar-refractivity contribution in [2.75, 3.05) is 18.5 Å². The van der Waals surface area contributed by atoms with Gasteiger partial charge in [-0.3, -0.25) is 4.79 Å². The van der Waals surface area contributed by atoms with E-state index in [0.29, 0.717) is 11.8 Å². The third-order valence-electron chi connectivity index (χ3n) is 7.27. The van der Waals surface area contributed by atoms with E-state index in [0.717, 1.165) is 37.9 Å². The van der Waals surface area contributed by atoms with Gasteiger partial charge in [0.05, 0.1) is 18.7 Å². The molecule has 3 atom stereocenters. The minimum atomic E-state index is 0.0430. The molecule has 4 nitrogen and oxygen atoms in total. The molecule has 0 radical (unpaired) electrons. The van der Waals surface area contributed by atoms with E-state index in [1.807, 2.05) is 0 Å². The molecule has 0 aromatic heterocycles. The molecule has 0 bridgehead atoms. The molecule has 2 fully saturated rings. The Bertz CT molecular complexity index is 768. The van der Waals surface area contributed by atoms with Gasteiger partial charge in [-0.1, -0.05) is 18.6 Å². The number of hydrogen-bond donors (Lipinski definition) is 2. The van der Waals surface area contributed by atoms with Gasteiger partial charge in [-0.15, -0.1) is 0 Å². The van der Waals surface area contributed by atoms with Gasteiger partial charge in [0.2, 0.25) is 5.91 Å². The Balaban J connectivity index is 1.53. The monoisotopic (exact) mass is 366 g/mol. The maximum absolute atomic E-state index is 13.1. The van der Waals surface area contributed by atoms with E-state index in [9.17, 15) is 9.90 Å². The lowest BCUT2D eigenvalue weighted by Gasteiger charge is -2.41. The molecule has 2 heterocycles. The summed E-state index contributed by atoms with van der Waals surface area (Å²) in [6.45, 7) is 0.953. The van der Waals surface area contributed by atoms with E-state index < -0.39 is 0 Å². The summed E-state index contributed by atoms with van der Waals surface area (Å²) in [6.07, 6.45) is 11.6. The van der Waals surface area contributed by atoms with Crippen molar-refractivity contribution in [3.05, 3.63) is 35.4 Å². The molecule has 4 heteroatoms. The molecule has 1 aromatic carbocycles. The first-order chi connectivity index (χ1) is 13.3. The van der Waals surface area contributed by atoms with Crippen molar-refractivity contribution in [2.24, 2.45) is 11.8 Å². The average molecular weight is 367 g/mol. The highest BCUT2D eigenvalue weighted by Gasteiger charge is 2.47. The standard InChI is InChI=1S/C23H30N2O2/c26-14-21-18-11-12-25(23(27)16-7-4-8-16)22(18)19-13-17(9-10-20(19)24-21)15-5-2-1-3-6-15/h5,9-10,13,16,18,21-22,24,26H,1-4,6-8,11-12,14H2/t18-,21-,22-/m0/s1. The summed E-state index contributed by atoms with van der Waals surface area (Å²) in [5.41, 5.74) is 5.14. The van der Waals surface area contributed by atoms with Crippen LogP contribution in [0, 0.1) is 11.8 Å². The number of aliphatic hydroxyl groups is 1. The number of likely N-dealkylation sites (tertiary alicyclic amines) is 1. The number of carbonyl (C=O) groups excluding carboxylic acids is 1. The van der Waals surface area contributed by atoms with Crippen LogP contribution in [0.25, 0.3) is 5.57 Å². The fourth-order valence-corrected chi connectivity index (χ4v) is 5.50. The van der Waals surface area contributed by atoms with Crippen LogP contribution in [0.1, 0.15) is 68.5 Å². The number of amides is 1. The summed E-state index contributed by atoms with van der Waals surface area (Å²) in [7, 11) is 0. The van der Waals surface area contributed by atoms with Crippen molar-refractivity contribution >= 4 is 17.2 Å². The second kappa shape index (κ2) is 6.97. The predicted octanol–water partition coefficient (Wildman–Crippen LogP) is 4.12. The van der Waals surface area contributed by atoms with Crippen molar-refractivity contribution < 1.29 is 9.90 Å². The van der Waals surface area contributed by atoms with Crippen molar-refractivity contribution in [2.45, 2.75) is 63.5 Å². The van der Waals surface area contributed by atoms with Crippen LogP contribution < -0.4 is 5.32 Å². The Morgan fingerprint density at radius 1 is 1.19 bits per heavy atom. The average Bonchev–Trinajstić information content (AvgIpc) is 3.12. The largest absolute Gasteiger partial charge is 0.394 e. The summed E-state index contributed by atoms with van der Waals surface area (Å²) >= 11 is 0. The normalized spacial score (nSPS) is 30.0. The lowest BCUT2D eigenvalue weighted by Crippen LogP contribution is -2.45. The predicted molar refractivity (Wildman–Crippen MR) is 107 cm³/mol. The second-order valence-electron chi connectivity index (χ2n) is 8.77. The van der Waals surface area contributed by atoms with E-state index in [2.05, 4.69) is 34.5 Å². The zero-order valence-corrected chi connectivity index (χ0v) is 16.0.